The smallest absolute Gasteiger partial charge is 0.329 e. The molecule has 1 aliphatic rings. The van der Waals surface area contributed by atoms with Crippen LogP contribution >= 0.6 is 0 Å². The van der Waals surface area contributed by atoms with Crippen LogP contribution in [-0.4, -0.2) is 72.2 Å². The van der Waals surface area contributed by atoms with Crippen LogP contribution in [0.4, 0.5) is 4.39 Å². The average molecular weight is 438 g/mol. The van der Waals surface area contributed by atoms with Gasteiger partial charge in [-0.3, -0.25) is 14.4 Å². The van der Waals surface area contributed by atoms with E-state index >= 15 is 0 Å². The lowest BCUT2D eigenvalue weighted by molar-refractivity contribution is -0.156. The number of carbonyl (C=O) groups is 4. The molecule has 2 amide bonds. The summed E-state index contributed by atoms with van der Waals surface area (Å²) in [5, 5.41) is 12.4. The highest BCUT2D eigenvalue weighted by molar-refractivity contribution is 5.88. The van der Waals surface area contributed by atoms with Crippen LogP contribution in [-0.2, 0) is 35.1 Å². The van der Waals surface area contributed by atoms with E-state index in [9.17, 15) is 28.7 Å². The molecular weight excluding hydrogens is 411 g/mol. The second-order valence-electron chi connectivity index (χ2n) is 7.09. The minimum absolute atomic E-state index is 0.0248. The Labute approximate surface area is 179 Å². The summed E-state index contributed by atoms with van der Waals surface area (Å²) >= 11 is 0. The summed E-state index contributed by atoms with van der Waals surface area (Å²) in [7, 11) is 0. The lowest BCUT2D eigenvalue weighted by atomic mass is 10.1. The number of nitrogens with one attached hydrogen (secondary N) is 1. The zero-order valence-electron chi connectivity index (χ0n) is 17.3. The van der Waals surface area contributed by atoms with Crippen molar-refractivity contribution in [1.29, 1.82) is 0 Å². The quantitative estimate of drug-likeness (QED) is 0.399. The summed E-state index contributed by atoms with van der Waals surface area (Å²) in [6.45, 7) is 1.57. The maximum Gasteiger partial charge on any atom is 0.329 e. The third kappa shape index (κ3) is 7.63. The number of esters is 2. The predicted molar refractivity (Wildman–Crippen MR) is 106 cm³/mol. The van der Waals surface area contributed by atoms with Gasteiger partial charge in [0.1, 0.15) is 11.9 Å². The number of β-amino-alcohol motifs (C(OH)–C–C–N with tert-alkyl or cyclic N) is 1. The Morgan fingerprint density at radius 3 is 2.68 bits per heavy atom. The van der Waals surface area contributed by atoms with Crippen LogP contribution in [0.15, 0.2) is 24.3 Å². The van der Waals surface area contributed by atoms with Gasteiger partial charge in [0.15, 0.2) is 6.61 Å². The number of rotatable bonds is 10. The molecule has 1 saturated heterocycles. The Hall–Kier alpha value is -3.01. The van der Waals surface area contributed by atoms with Crippen LogP contribution in [0.5, 0.6) is 0 Å². The van der Waals surface area contributed by atoms with Gasteiger partial charge in [0.05, 0.1) is 19.1 Å². The van der Waals surface area contributed by atoms with Crippen molar-refractivity contribution in [2.75, 3.05) is 26.3 Å². The normalized spacial score (nSPS) is 17.8. The first-order valence-electron chi connectivity index (χ1n) is 10.1. The number of hydrogen-bond donors (Lipinski definition) is 2. The van der Waals surface area contributed by atoms with Crippen molar-refractivity contribution < 1.29 is 38.1 Å². The molecule has 0 saturated carbocycles. The van der Waals surface area contributed by atoms with E-state index in [0.29, 0.717) is 6.42 Å². The molecule has 170 valence electrons. The molecule has 1 aromatic rings. The zero-order valence-corrected chi connectivity index (χ0v) is 17.3. The van der Waals surface area contributed by atoms with E-state index in [4.69, 9.17) is 9.47 Å². The van der Waals surface area contributed by atoms with Crippen LogP contribution in [0.2, 0.25) is 0 Å². The van der Waals surface area contributed by atoms with Crippen LogP contribution in [0.1, 0.15) is 31.7 Å². The van der Waals surface area contributed by atoms with E-state index in [1.54, 1.807) is 13.0 Å². The molecule has 0 aliphatic carbocycles. The molecule has 2 atom stereocenters. The van der Waals surface area contributed by atoms with E-state index in [1.165, 1.54) is 18.2 Å². The second kappa shape index (κ2) is 12.0. The first kappa shape index (κ1) is 24.3. The van der Waals surface area contributed by atoms with E-state index in [-0.39, 0.29) is 50.5 Å². The lowest BCUT2D eigenvalue weighted by Gasteiger charge is -2.23. The number of hydrogen-bond acceptors (Lipinski definition) is 7. The monoisotopic (exact) mass is 438 g/mol. The van der Waals surface area contributed by atoms with Gasteiger partial charge >= 0.3 is 11.9 Å². The van der Waals surface area contributed by atoms with Gasteiger partial charge in [-0.2, -0.15) is 0 Å². The summed E-state index contributed by atoms with van der Waals surface area (Å²) in [6, 6.07) is 4.76. The molecule has 0 radical (unpaired) electrons. The number of aliphatic hydroxyl groups is 1. The fourth-order valence-electron chi connectivity index (χ4n) is 3.20. The van der Waals surface area contributed by atoms with Gasteiger partial charge < -0.3 is 24.8 Å². The Morgan fingerprint density at radius 2 is 1.97 bits per heavy atom. The highest BCUT2D eigenvalue weighted by atomic mass is 19.1. The second-order valence-corrected chi connectivity index (χ2v) is 7.09. The minimum Gasteiger partial charge on any atom is -0.466 e. The maximum absolute atomic E-state index is 13.8. The van der Waals surface area contributed by atoms with Crippen molar-refractivity contribution in [2.24, 2.45) is 0 Å². The first-order valence-corrected chi connectivity index (χ1v) is 10.1. The molecule has 10 heteroatoms. The number of nitrogens with zero attached hydrogens (tertiary/aromatic N) is 1. The number of amides is 2. The largest absolute Gasteiger partial charge is 0.466 e. The molecule has 0 aromatic heterocycles. The van der Waals surface area contributed by atoms with E-state index in [2.05, 4.69) is 5.32 Å². The molecule has 1 fully saturated rings. The predicted octanol–water partition coefficient (Wildman–Crippen LogP) is 0.333. The molecule has 0 bridgehead atoms. The SMILES string of the molecule is CCOC(=O)CCCNC(=O)COC(=O)C1CC(O)CN1C(=O)Cc1ccccc1F. The summed E-state index contributed by atoms with van der Waals surface area (Å²) < 4.78 is 23.6. The Bertz CT molecular complexity index is 802. The van der Waals surface area contributed by atoms with Gasteiger partial charge in [-0.25, -0.2) is 9.18 Å². The summed E-state index contributed by atoms with van der Waals surface area (Å²) in [4.78, 5) is 49.1. The zero-order chi connectivity index (χ0) is 22.8. The van der Waals surface area contributed by atoms with Crippen molar-refractivity contribution in [3.05, 3.63) is 35.6 Å². The summed E-state index contributed by atoms with van der Waals surface area (Å²) in [6.07, 6.45) is -0.662. The fraction of sp³-hybridized carbons (Fsp3) is 0.524. The molecule has 1 aliphatic heterocycles. The molecule has 2 N–H and O–H groups in total. The van der Waals surface area contributed by atoms with Crippen molar-refractivity contribution in [1.82, 2.24) is 10.2 Å². The van der Waals surface area contributed by atoms with Crippen molar-refractivity contribution >= 4 is 23.8 Å². The molecule has 9 nitrogen and oxygen atoms in total. The lowest BCUT2D eigenvalue weighted by Crippen LogP contribution is -2.43. The molecule has 2 unspecified atom stereocenters. The highest BCUT2D eigenvalue weighted by Gasteiger charge is 2.40. The molecule has 1 heterocycles. The first-order chi connectivity index (χ1) is 14.8. The van der Waals surface area contributed by atoms with E-state index in [1.807, 2.05) is 0 Å². The third-order valence-electron chi connectivity index (χ3n) is 4.70. The molecular formula is C21H27FN2O7. The topological polar surface area (TPSA) is 122 Å². The van der Waals surface area contributed by atoms with Gasteiger partial charge in [0, 0.05) is 25.9 Å². The van der Waals surface area contributed by atoms with Gasteiger partial charge in [0.25, 0.3) is 5.91 Å². The van der Waals surface area contributed by atoms with E-state index < -0.39 is 42.4 Å². The summed E-state index contributed by atoms with van der Waals surface area (Å²) in [5.41, 5.74) is 0.184. The molecule has 2 rings (SSSR count). The molecule has 31 heavy (non-hydrogen) atoms. The highest BCUT2D eigenvalue weighted by Crippen LogP contribution is 2.21. The van der Waals surface area contributed by atoms with Gasteiger partial charge in [-0.15, -0.1) is 0 Å². The average Bonchev–Trinajstić information content (AvgIpc) is 3.13. The number of benzene rings is 1. The van der Waals surface area contributed by atoms with Crippen LogP contribution in [0.3, 0.4) is 0 Å². The standard InChI is InChI=1S/C21H27FN2O7/c1-2-30-20(28)8-5-9-23-18(26)13-31-21(29)17-11-15(25)12-24(17)19(27)10-14-6-3-4-7-16(14)22/h3-4,6-7,15,17,25H,2,5,8-13H2,1H3,(H,23,26). The minimum atomic E-state index is -1.05. The Balaban J connectivity index is 1.80. The number of ether oxygens (including phenoxy) is 2. The van der Waals surface area contributed by atoms with Crippen molar-refractivity contribution in [3.63, 3.8) is 0 Å². The van der Waals surface area contributed by atoms with Crippen LogP contribution in [0, 0.1) is 5.82 Å². The number of carbonyl (C=O) groups excluding carboxylic acids is 4. The van der Waals surface area contributed by atoms with Crippen molar-refractivity contribution in [3.8, 4) is 0 Å². The number of halogens is 1. The van der Waals surface area contributed by atoms with Crippen LogP contribution in [0.25, 0.3) is 0 Å². The maximum atomic E-state index is 13.8. The number of aliphatic hydroxyl groups excluding tert-OH is 1. The Kier molecular flexibility index (Phi) is 9.39. The summed E-state index contributed by atoms with van der Waals surface area (Å²) in [5.74, 6) is -2.79. The van der Waals surface area contributed by atoms with Gasteiger partial charge in [-0.05, 0) is 25.0 Å². The van der Waals surface area contributed by atoms with Gasteiger partial charge in [-0.1, -0.05) is 18.2 Å². The van der Waals surface area contributed by atoms with E-state index in [0.717, 1.165) is 4.90 Å². The molecule has 0 spiro atoms. The Morgan fingerprint density at radius 1 is 1.23 bits per heavy atom. The fourth-order valence-corrected chi connectivity index (χ4v) is 3.20. The molecule has 1 aromatic carbocycles. The van der Waals surface area contributed by atoms with Crippen molar-refractivity contribution in [2.45, 2.75) is 44.8 Å². The number of likely N-dealkylation sites (tertiary alicyclic amines) is 1. The third-order valence-corrected chi connectivity index (χ3v) is 4.70. The van der Waals surface area contributed by atoms with Gasteiger partial charge in [0.2, 0.25) is 5.91 Å². The van der Waals surface area contributed by atoms with Crippen LogP contribution < -0.4 is 5.32 Å².